The Bertz CT molecular complexity index is 289. The number of hydrogen-bond acceptors (Lipinski definition) is 4. The van der Waals surface area contributed by atoms with Crippen molar-refractivity contribution in [3.8, 4) is 0 Å². The SMILES string of the molecule is CCOCCCN(CCC(=O)OCC)C(=O)C1CC1. The highest BCUT2D eigenvalue weighted by molar-refractivity contribution is 5.81. The molecule has 5 heteroatoms. The maximum absolute atomic E-state index is 12.1. The molecule has 110 valence electrons. The molecule has 0 aromatic heterocycles. The Kier molecular flexibility index (Phi) is 7.48. The van der Waals surface area contributed by atoms with Gasteiger partial charge in [0.25, 0.3) is 0 Å². The normalized spacial score (nSPS) is 14.2. The maximum atomic E-state index is 12.1. The highest BCUT2D eigenvalue weighted by Crippen LogP contribution is 2.31. The summed E-state index contributed by atoms with van der Waals surface area (Å²) < 4.78 is 10.2. The number of carbonyl (C=O) groups is 2. The third-order valence-corrected chi connectivity index (χ3v) is 3.05. The van der Waals surface area contributed by atoms with Gasteiger partial charge in [-0.25, -0.2) is 0 Å². The quantitative estimate of drug-likeness (QED) is 0.447. The molecule has 1 amide bonds. The fourth-order valence-electron chi connectivity index (χ4n) is 1.88. The molecule has 0 radical (unpaired) electrons. The van der Waals surface area contributed by atoms with Gasteiger partial charge < -0.3 is 14.4 Å². The first kappa shape index (κ1) is 16.0. The van der Waals surface area contributed by atoms with Crippen molar-refractivity contribution in [2.45, 2.75) is 39.5 Å². The number of carbonyl (C=O) groups excluding carboxylic acids is 2. The molecule has 0 bridgehead atoms. The van der Waals surface area contributed by atoms with Gasteiger partial charge in [0.2, 0.25) is 5.91 Å². The third kappa shape index (κ3) is 6.57. The van der Waals surface area contributed by atoms with Crippen molar-refractivity contribution in [3.05, 3.63) is 0 Å². The Morgan fingerprint density at radius 3 is 2.47 bits per heavy atom. The molecule has 0 spiro atoms. The van der Waals surface area contributed by atoms with E-state index in [2.05, 4.69) is 0 Å². The number of amides is 1. The molecule has 0 unspecified atom stereocenters. The Balaban J connectivity index is 2.31. The molecule has 0 atom stereocenters. The molecule has 1 fully saturated rings. The van der Waals surface area contributed by atoms with Crippen molar-refractivity contribution >= 4 is 11.9 Å². The molecule has 1 aliphatic carbocycles. The summed E-state index contributed by atoms with van der Waals surface area (Å²) in [6, 6.07) is 0. The van der Waals surface area contributed by atoms with Crippen LogP contribution in [0.3, 0.4) is 0 Å². The van der Waals surface area contributed by atoms with Crippen LogP contribution in [0.2, 0.25) is 0 Å². The summed E-state index contributed by atoms with van der Waals surface area (Å²) in [5.74, 6) is 0.135. The smallest absolute Gasteiger partial charge is 0.307 e. The summed E-state index contributed by atoms with van der Waals surface area (Å²) in [5, 5.41) is 0. The summed E-state index contributed by atoms with van der Waals surface area (Å²) >= 11 is 0. The second-order valence-electron chi connectivity index (χ2n) is 4.71. The van der Waals surface area contributed by atoms with Crippen molar-refractivity contribution in [1.82, 2.24) is 4.90 Å². The first-order valence-electron chi connectivity index (χ1n) is 7.21. The van der Waals surface area contributed by atoms with Gasteiger partial charge in [0.05, 0.1) is 13.0 Å². The van der Waals surface area contributed by atoms with Crippen molar-refractivity contribution in [1.29, 1.82) is 0 Å². The van der Waals surface area contributed by atoms with Gasteiger partial charge in [-0.05, 0) is 33.1 Å². The van der Waals surface area contributed by atoms with Crippen molar-refractivity contribution in [2.24, 2.45) is 5.92 Å². The molecule has 1 saturated carbocycles. The summed E-state index contributed by atoms with van der Waals surface area (Å²) in [6.45, 7) is 6.60. The van der Waals surface area contributed by atoms with Gasteiger partial charge in [0, 0.05) is 32.2 Å². The van der Waals surface area contributed by atoms with Gasteiger partial charge in [0.1, 0.15) is 0 Å². The molecule has 0 aliphatic heterocycles. The topological polar surface area (TPSA) is 55.8 Å². The minimum atomic E-state index is -0.235. The molecular weight excluding hydrogens is 246 g/mol. The maximum Gasteiger partial charge on any atom is 0.307 e. The molecule has 5 nitrogen and oxygen atoms in total. The van der Waals surface area contributed by atoms with Crippen molar-refractivity contribution < 1.29 is 19.1 Å². The van der Waals surface area contributed by atoms with Crippen LogP contribution in [0.15, 0.2) is 0 Å². The zero-order valence-corrected chi connectivity index (χ0v) is 12.0. The van der Waals surface area contributed by atoms with E-state index < -0.39 is 0 Å². The Morgan fingerprint density at radius 2 is 1.89 bits per heavy atom. The van der Waals surface area contributed by atoms with Crippen molar-refractivity contribution in [2.75, 3.05) is 32.9 Å². The molecule has 0 aromatic rings. The average Bonchev–Trinajstić information content (AvgIpc) is 3.22. The minimum Gasteiger partial charge on any atom is -0.466 e. The van der Waals surface area contributed by atoms with Crippen LogP contribution < -0.4 is 0 Å². The van der Waals surface area contributed by atoms with Gasteiger partial charge in [-0.3, -0.25) is 9.59 Å². The van der Waals surface area contributed by atoms with Gasteiger partial charge in [-0.15, -0.1) is 0 Å². The summed E-state index contributed by atoms with van der Waals surface area (Å²) in [7, 11) is 0. The summed E-state index contributed by atoms with van der Waals surface area (Å²) in [6.07, 6.45) is 3.07. The molecular formula is C14H25NO4. The molecule has 0 heterocycles. The van der Waals surface area contributed by atoms with Crippen molar-refractivity contribution in [3.63, 3.8) is 0 Å². The zero-order valence-electron chi connectivity index (χ0n) is 12.0. The standard InChI is InChI=1S/C14H25NO4/c1-3-18-11-5-9-15(14(17)12-6-7-12)10-8-13(16)19-4-2/h12H,3-11H2,1-2H3. The number of hydrogen-bond donors (Lipinski definition) is 0. The first-order valence-corrected chi connectivity index (χ1v) is 7.21. The molecule has 1 aliphatic rings. The second-order valence-corrected chi connectivity index (χ2v) is 4.71. The van der Waals surface area contributed by atoms with E-state index in [1.807, 2.05) is 6.92 Å². The molecule has 19 heavy (non-hydrogen) atoms. The molecule has 0 N–H and O–H groups in total. The van der Waals surface area contributed by atoms with Crippen LogP contribution in [0.1, 0.15) is 39.5 Å². The van der Waals surface area contributed by atoms with Gasteiger partial charge in [-0.1, -0.05) is 0 Å². The van der Waals surface area contributed by atoms with E-state index in [0.29, 0.717) is 32.9 Å². The van der Waals surface area contributed by atoms with Crippen LogP contribution in [0.4, 0.5) is 0 Å². The lowest BCUT2D eigenvalue weighted by molar-refractivity contribution is -0.144. The van der Waals surface area contributed by atoms with Gasteiger partial charge in [0.15, 0.2) is 0 Å². The second kappa shape index (κ2) is 8.91. The van der Waals surface area contributed by atoms with E-state index in [9.17, 15) is 9.59 Å². The predicted octanol–water partition coefficient (Wildman–Crippen LogP) is 1.60. The number of nitrogens with zero attached hydrogens (tertiary/aromatic N) is 1. The Hall–Kier alpha value is -1.10. The van der Waals surface area contributed by atoms with E-state index in [4.69, 9.17) is 9.47 Å². The average molecular weight is 271 g/mol. The van der Waals surface area contributed by atoms with E-state index in [-0.39, 0.29) is 24.2 Å². The fourth-order valence-corrected chi connectivity index (χ4v) is 1.88. The van der Waals surface area contributed by atoms with E-state index in [0.717, 1.165) is 19.3 Å². The molecule has 0 aromatic carbocycles. The highest BCUT2D eigenvalue weighted by Gasteiger charge is 2.33. The largest absolute Gasteiger partial charge is 0.466 e. The number of esters is 1. The minimum absolute atomic E-state index is 0.181. The number of rotatable bonds is 10. The predicted molar refractivity (Wildman–Crippen MR) is 71.7 cm³/mol. The zero-order chi connectivity index (χ0) is 14.1. The third-order valence-electron chi connectivity index (χ3n) is 3.05. The van der Waals surface area contributed by atoms with Crippen LogP contribution in [-0.2, 0) is 19.1 Å². The lowest BCUT2D eigenvalue weighted by Crippen LogP contribution is -2.35. The van der Waals surface area contributed by atoms with Crippen LogP contribution in [0.5, 0.6) is 0 Å². The summed E-state index contributed by atoms with van der Waals surface area (Å²) in [4.78, 5) is 25.2. The van der Waals surface area contributed by atoms with E-state index >= 15 is 0 Å². The first-order chi connectivity index (χ1) is 9.19. The van der Waals surface area contributed by atoms with Gasteiger partial charge >= 0.3 is 5.97 Å². The number of ether oxygens (including phenoxy) is 2. The van der Waals surface area contributed by atoms with E-state index in [1.54, 1.807) is 11.8 Å². The van der Waals surface area contributed by atoms with E-state index in [1.165, 1.54) is 0 Å². The summed E-state index contributed by atoms with van der Waals surface area (Å²) in [5.41, 5.74) is 0. The van der Waals surface area contributed by atoms with Crippen LogP contribution in [0.25, 0.3) is 0 Å². The molecule has 0 saturated heterocycles. The Morgan fingerprint density at radius 1 is 1.16 bits per heavy atom. The lowest BCUT2D eigenvalue weighted by atomic mass is 10.3. The monoisotopic (exact) mass is 271 g/mol. The van der Waals surface area contributed by atoms with Crippen LogP contribution >= 0.6 is 0 Å². The Labute approximate surface area is 115 Å². The lowest BCUT2D eigenvalue weighted by Gasteiger charge is -2.22. The highest BCUT2D eigenvalue weighted by atomic mass is 16.5. The van der Waals surface area contributed by atoms with Gasteiger partial charge in [-0.2, -0.15) is 0 Å². The van der Waals surface area contributed by atoms with Crippen LogP contribution in [-0.4, -0.2) is 49.7 Å². The molecule has 1 rings (SSSR count). The fraction of sp³-hybridized carbons (Fsp3) is 0.857. The van der Waals surface area contributed by atoms with Crippen LogP contribution in [0, 0.1) is 5.92 Å².